The highest BCUT2D eigenvalue weighted by atomic mass is 79.9. The molecule has 0 aliphatic heterocycles. The van der Waals surface area contributed by atoms with Gasteiger partial charge in [0.2, 0.25) is 0 Å². The Hall–Kier alpha value is -0.380. The van der Waals surface area contributed by atoms with Crippen molar-refractivity contribution in [3.63, 3.8) is 0 Å². The molecule has 1 saturated carbocycles. The van der Waals surface area contributed by atoms with Crippen LogP contribution in [0.1, 0.15) is 18.4 Å². The first-order valence-electron chi connectivity index (χ1n) is 6.75. The van der Waals surface area contributed by atoms with E-state index >= 15 is 0 Å². The van der Waals surface area contributed by atoms with Crippen LogP contribution in [0.3, 0.4) is 0 Å². The van der Waals surface area contributed by atoms with Gasteiger partial charge in [0.15, 0.2) is 0 Å². The van der Waals surface area contributed by atoms with E-state index in [0.29, 0.717) is 5.92 Å². The van der Waals surface area contributed by atoms with Gasteiger partial charge in [-0.05, 0) is 49.8 Å². The molecular formula is C15H22BrNO. The summed E-state index contributed by atoms with van der Waals surface area (Å²) in [7, 11) is 2.01. The van der Waals surface area contributed by atoms with E-state index in [2.05, 4.69) is 45.5 Å². The van der Waals surface area contributed by atoms with Crippen LogP contribution in [0.5, 0.6) is 0 Å². The molecule has 1 unspecified atom stereocenters. The van der Waals surface area contributed by atoms with Crippen LogP contribution in [-0.2, 0) is 11.2 Å². The van der Waals surface area contributed by atoms with Crippen molar-refractivity contribution in [2.24, 2.45) is 11.8 Å². The Labute approximate surface area is 118 Å². The molecule has 3 heteroatoms. The monoisotopic (exact) mass is 311 g/mol. The first-order chi connectivity index (χ1) is 8.79. The average Bonchev–Trinajstić information content (AvgIpc) is 3.16. The van der Waals surface area contributed by atoms with Crippen LogP contribution in [-0.4, -0.2) is 26.8 Å². The van der Waals surface area contributed by atoms with E-state index in [1.54, 1.807) is 0 Å². The van der Waals surface area contributed by atoms with Crippen molar-refractivity contribution in [3.8, 4) is 0 Å². The third kappa shape index (κ3) is 4.71. The maximum Gasteiger partial charge on any atom is 0.0509 e. The molecular weight excluding hydrogens is 290 g/mol. The van der Waals surface area contributed by atoms with E-state index in [4.69, 9.17) is 4.74 Å². The zero-order valence-electron chi connectivity index (χ0n) is 11.0. The molecule has 2 nitrogen and oxygen atoms in total. The Morgan fingerprint density at radius 1 is 1.39 bits per heavy atom. The summed E-state index contributed by atoms with van der Waals surface area (Å²) >= 11 is 3.62. The highest BCUT2D eigenvalue weighted by Crippen LogP contribution is 2.29. The smallest absolute Gasteiger partial charge is 0.0509 e. The van der Waals surface area contributed by atoms with Crippen molar-refractivity contribution in [2.75, 3.05) is 26.8 Å². The summed E-state index contributed by atoms with van der Waals surface area (Å²) in [6, 6.07) is 8.45. The van der Waals surface area contributed by atoms with E-state index < -0.39 is 0 Å². The van der Waals surface area contributed by atoms with Gasteiger partial charge in [0.1, 0.15) is 0 Å². The highest BCUT2D eigenvalue weighted by Gasteiger charge is 2.22. The predicted octanol–water partition coefficient (Wildman–Crippen LogP) is 3.25. The molecule has 0 saturated heterocycles. The minimum Gasteiger partial charge on any atom is -0.381 e. The number of nitrogens with one attached hydrogen (secondary N) is 1. The predicted molar refractivity (Wildman–Crippen MR) is 78.8 cm³/mol. The van der Waals surface area contributed by atoms with Crippen molar-refractivity contribution >= 4 is 15.9 Å². The van der Waals surface area contributed by atoms with Crippen LogP contribution in [0.25, 0.3) is 0 Å². The van der Waals surface area contributed by atoms with E-state index in [0.717, 1.165) is 32.1 Å². The second-order valence-corrected chi connectivity index (χ2v) is 6.05. The van der Waals surface area contributed by atoms with E-state index in [1.807, 2.05) is 7.05 Å². The van der Waals surface area contributed by atoms with Gasteiger partial charge in [-0.15, -0.1) is 0 Å². The number of hydrogen-bond acceptors (Lipinski definition) is 2. The molecule has 0 amide bonds. The molecule has 1 N–H and O–H groups in total. The second kappa shape index (κ2) is 7.27. The van der Waals surface area contributed by atoms with Crippen LogP contribution in [0, 0.1) is 11.8 Å². The van der Waals surface area contributed by atoms with Crippen LogP contribution < -0.4 is 5.32 Å². The number of ether oxygens (including phenoxy) is 1. The van der Waals surface area contributed by atoms with Gasteiger partial charge in [0, 0.05) is 17.6 Å². The first-order valence-corrected chi connectivity index (χ1v) is 7.54. The lowest BCUT2D eigenvalue weighted by molar-refractivity contribution is 0.0913. The summed E-state index contributed by atoms with van der Waals surface area (Å²) in [6.45, 7) is 2.82. The van der Waals surface area contributed by atoms with Gasteiger partial charge in [-0.25, -0.2) is 0 Å². The maximum atomic E-state index is 5.83. The molecule has 0 aromatic heterocycles. The zero-order chi connectivity index (χ0) is 12.8. The standard InChI is InChI=1S/C15H22BrNO/c1-17-9-13(11-18-10-12-6-7-12)8-14-4-2-3-5-15(14)16/h2-5,12-13,17H,6-11H2,1H3. The summed E-state index contributed by atoms with van der Waals surface area (Å²) in [4.78, 5) is 0. The molecule has 100 valence electrons. The minimum atomic E-state index is 0.549. The molecule has 1 fully saturated rings. The number of benzene rings is 1. The zero-order valence-corrected chi connectivity index (χ0v) is 12.6. The Balaban J connectivity index is 1.82. The van der Waals surface area contributed by atoms with E-state index in [-0.39, 0.29) is 0 Å². The van der Waals surface area contributed by atoms with Gasteiger partial charge in [-0.3, -0.25) is 0 Å². The van der Waals surface area contributed by atoms with Gasteiger partial charge < -0.3 is 10.1 Å². The van der Waals surface area contributed by atoms with Crippen LogP contribution in [0.2, 0.25) is 0 Å². The van der Waals surface area contributed by atoms with E-state index in [1.165, 1.54) is 22.9 Å². The summed E-state index contributed by atoms with van der Waals surface area (Å²) in [5.74, 6) is 1.40. The summed E-state index contributed by atoms with van der Waals surface area (Å²) in [5, 5.41) is 3.27. The van der Waals surface area contributed by atoms with Crippen LogP contribution in [0.15, 0.2) is 28.7 Å². The summed E-state index contributed by atoms with van der Waals surface area (Å²) in [6.07, 6.45) is 3.79. The highest BCUT2D eigenvalue weighted by molar-refractivity contribution is 9.10. The largest absolute Gasteiger partial charge is 0.381 e. The van der Waals surface area contributed by atoms with Crippen LogP contribution in [0.4, 0.5) is 0 Å². The third-order valence-corrected chi connectivity index (χ3v) is 4.14. The molecule has 1 aromatic rings. The van der Waals surface area contributed by atoms with Crippen molar-refractivity contribution in [1.29, 1.82) is 0 Å². The molecule has 0 bridgehead atoms. The van der Waals surface area contributed by atoms with Crippen molar-refractivity contribution in [2.45, 2.75) is 19.3 Å². The van der Waals surface area contributed by atoms with Crippen molar-refractivity contribution < 1.29 is 4.74 Å². The SMILES string of the molecule is CNCC(COCC1CC1)Cc1ccccc1Br. The second-order valence-electron chi connectivity index (χ2n) is 5.20. The topological polar surface area (TPSA) is 21.3 Å². The molecule has 2 rings (SSSR count). The van der Waals surface area contributed by atoms with Crippen LogP contribution >= 0.6 is 15.9 Å². The normalized spacial score (nSPS) is 16.8. The average molecular weight is 312 g/mol. The lowest BCUT2D eigenvalue weighted by Gasteiger charge is -2.17. The molecule has 0 heterocycles. The van der Waals surface area contributed by atoms with E-state index in [9.17, 15) is 0 Å². The van der Waals surface area contributed by atoms with Gasteiger partial charge in [-0.1, -0.05) is 34.1 Å². The fourth-order valence-electron chi connectivity index (χ4n) is 2.14. The minimum absolute atomic E-state index is 0.549. The molecule has 1 aliphatic carbocycles. The fourth-order valence-corrected chi connectivity index (χ4v) is 2.59. The summed E-state index contributed by atoms with van der Waals surface area (Å²) < 4.78 is 7.03. The molecule has 1 aromatic carbocycles. The first kappa shape index (κ1) is 14.0. The number of halogens is 1. The molecule has 18 heavy (non-hydrogen) atoms. The Morgan fingerprint density at radius 3 is 2.83 bits per heavy atom. The lowest BCUT2D eigenvalue weighted by atomic mass is 10.00. The summed E-state index contributed by atoms with van der Waals surface area (Å²) in [5.41, 5.74) is 1.37. The Kier molecular flexibility index (Phi) is 5.67. The van der Waals surface area contributed by atoms with Gasteiger partial charge in [-0.2, -0.15) is 0 Å². The number of rotatable bonds is 8. The molecule has 1 aliphatic rings. The maximum absolute atomic E-state index is 5.83. The molecule has 1 atom stereocenters. The fraction of sp³-hybridized carbons (Fsp3) is 0.600. The Bertz CT molecular complexity index is 365. The van der Waals surface area contributed by atoms with Gasteiger partial charge in [0.25, 0.3) is 0 Å². The molecule has 0 radical (unpaired) electrons. The van der Waals surface area contributed by atoms with Crippen molar-refractivity contribution in [1.82, 2.24) is 5.32 Å². The Morgan fingerprint density at radius 2 is 2.17 bits per heavy atom. The number of hydrogen-bond donors (Lipinski definition) is 1. The van der Waals surface area contributed by atoms with Gasteiger partial charge in [0.05, 0.1) is 6.61 Å². The van der Waals surface area contributed by atoms with Crippen molar-refractivity contribution in [3.05, 3.63) is 34.3 Å². The quantitative estimate of drug-likeness (QED) is 0.795. The molecule has 0 spiro atoms. The lowest BCUT2D eigenvalue weighted by Crippen LogP contribution is -2.25. The third-order valence-electron chi connectivity index (χ3n) is 3.36. The van der Waals surface area contributed by atoms with Gasteiger partial charge >= 0.3 is 0 Å².